The van der Waals surface area contributed by atoms with Crippen LogP contribution >= 0.6 is 11.3 Å². The fourth-order valence-corrected chi connectivity index (χ4v) is 5.10. The summed E-state index contributed by atoms with van der Waals surface area (Å²) in [6.45, 7) is 7.16. The lowest BCUT2D eigenvalue weighted by Gasteiger charge is -2.23. The van der Waals surface area contributed by atoms with Gasteiger partial charge in [-0.15, -0.1) is 11.3 Å². The Morgan fingerprint density at radius 1 is 1.36 bits per heavy atom. The second-order valence-corrected chi connectivity index (χ2v) is 8.78. The lowest BCUT2D eigenvalue weighted by molar-refractivity contribution is 0.0779. The maximum Gasteiger partial charge on any atom is 0.253 e. The van der Waals surface area contributed by atoms with Crippen molar-refractivity contribution in [2.45, 2.75) is 46.5 Å². The molecule has 0 aliphatic heterocycles. The molecule has 4 heteroatoms. The molecule has 0 radical (unpaired) electrons. The third-order valence-electron chi connectivity index (χ3n) is 5.16. The maximum absolute atomic E-state index is 12.8. The second kappa shape index (κ2) is 7.28. The van der Waals surface area contributed by atoms with Gasteiger partial charge in [-0.05, 0) is 49.3 Å². The lowest BCUT2D eigenvalue weighted by Crippen LogP contribution is -2.30. The number of amides is 1. The molecular weight excluding hydrogens is 330 g/mol. The summed E-state index contributed by atoms with van der Waals surface area (Å²) in [7, 11) is 1.84. The minimum atomic E-state index is 0.0272. The number of rotatable bonds is 4. The molecule has 0 saturated carbocycles. The highest BCUT2D eigenvalue weighted by Gasteiger charge is 2.22. The van der Waals surface area contributed by atoms with Crippen LogP contribution in [0.3, 0.4) is 0 Å². The van der Waals surface area contributed by atoms with Crippen LogP contribution in [0.25, 0.3) is 10.1 Å². The first-order chi connectivity index (χ1) is 11.9. The lowest BCUT2D eigenvalue weighted by atomic mass is 9.86. The Morgan fingerprint density at radius 3 is 2.80 bits per heavy atom. The van der Waals surface area contributed by atoms with Crippen molar-refractivity contribution in [2.24, 2.45) is 11.8 Å². The van der Waals surface area contributed by atoms with Gasteiger partial charge in [0.15, 0.2) is 5.43 Å². The summed E-state index contributed by atoms with van der Waals surface area (Å²) in [6, 6.07) is 5.56. The molecule has 0 bridgehead atoms. The molecule has 3 rings (SSSR count). The van der Waals surface area contributed by atoms with Crippen LogP contribution in [-0.2, 0) is 12.8 Å². The topological polar surface area (TPSA) is 37.4 Å². The number of hydrogen-bond donors (Lipinski definition) is 0. The SMILES string of the molecule is CCC1CCc2c(sc3cc(C(=O)N(C)CC(C)C)ccc3c2=O)C1. The predicted molar refractivity (Wildman–Crippen MR) is 106 cm³/mol. The van der Waals surface area contributed by atoms with E-state index in [-0.39, 0.29) is 11.3 Å². The Kier molecular flexibility index (Phi) is 5.28. The first-order valence-electron chi connectivity index (χ1n) is 9.24. The minimum Gasteiger partial charge on any atom is -0.341 e. The average molecular weight is 358 g/mol. The van der Waals surface area contributed by atoms with Gasteiger partial charge in [-0.2, -0.15) is 0 Å². The summed E-state index contributed by atoms with van der Waals surface area (Å²) in [5.41, 5.74) is 1.86. The number of carbonyl (C=O) groups is 1. The molecule has 1 atom stereocenters. The number of benzene rings is 1. The summed E-state index contributed by atoms with van der Waals surface area (Å²) in [6.07, 6.45) is 4.19. The van der Waals surface area contributed by atoms with Crippen molar-refractivity contribution in [2.75, 3.05) is 13.6 Å². The molecule has 134 valence electrons. The summed E-state index contributed by atoms with van der Waals surface area (Å²) in [5.74, 6) is 1.14. The molecule has 1 amide bonds. The minimum absolute atomic E-state index is 0.0272. The Hall–Kier alpha value is -1.68. The Bertz CT molecular complexity index is 853. The van der Waals surface area contributed by atoms with Gasteiger partial charge in [0, 0.05) is 39.7 Å². The summed E-state index contributed by atoms with van der Waals surface area (Å²) < 4.78 is 0.948. The van der Waals surface area contributed by atoms with Crippen LogP contribution in [0.2, 0.25) is 0 Å². The van der Waals surface area contributed by atoms with Crippen LogP contribution in [0.5, 0.6) is 0 Å². The van der Waals surface area contributed by atoms with Crippen LogP contribution in [0.15, 0.2) is 23.0 Å². The van der Waals surface area contributed by atoms with Crippen molar-refractivity contribution in [3.8, 4) is 0 Å². The molecule has 0 N–H and O–H groups in total. The molecule has 0 saturated heterocycles. The maximum atomic E-state index is 12.8. The summed E-state index contributed by atoms with van der Waals surface area (Å²) >= 11 is 1.71. The Morgan fingerprint density at radius 2 is 2.12 bits per heavy atom. The van der Waals surface area contributed by atoms with Gasteiger partial charge < -0.3 is 4.90 Å². The van der Waals surface area contributed by atoms with Gasteiger partial charge in [-0.3, -0.25) is 9.59 Å². The molecule has 0 spiro atoms. The molecule has 1 aliphatic carbocycles. The van der Waals surface area contributed by atoms with E-state index >= 15 is 0 Å². The van der Waals surface area contributed by atoms with Gasteiger partial charge in [-0.25, -0.2) is 0 Å². The summed E-state index contributed by atoms with van der Waals surface area (Å²) in [4.78, 5) is 28.5. The molecule has 0 fully saturated rings. The summed E-state index contributed by atoms with van der Waals surface area (Å²) in [5, 5.41) is 0.766. The van der Waals surface area contributed by atoms with Gasteiger partial charge in [0.2, 0.25) is 0 Å². The van der Waals surface area contributed by atoms with Crippen molar-refractivity contribution >= 4 is 27.3 Å². The van der Waals surface area contributed by atoms with Crippen LogP contribution in [-0.4, -0.2) is 24.4 Å². The first kappa shape index (κ1) is 18.1. The van der Waals surface area contributed by atoms with Crippen LogP contribution in [0.1, 0.15) is 54.4 Å². The van der Waals surface area contributed by atoms with Crippen molar-refractivity contribution in [3.05, 3.63) is 44.4 Å². The van der Waals surface area contributed by atoms with Gasteiger partial charge in [0.1, 0.15) is 0 Å². The first-order valence-corrected chi connectivity index (χ1v) is 10.1. The van der Waals surface area contributed by atoms with Crippen molar-refractivity contribution < 1.29 is 4.79 Å². The number of hydrogen-bond acceptors (Lipinski definition) is 3. The molecule has 1 heterocycles. The molecular formula is C21H27NO2S. The van der Waals surface area contributed by atoms with Gasteiger partial charge in [0.05, 0.1) is 0 Å². The van der Waals surface area contributed by atoms with Crippen LogP contribution < -0.4 is 5.43 Å². The smallest absolute Gasteiger partial charge is 0.253 e. The van der Waals surface area contributed by atoms with E-state index in [1.165, 1.54) is 4.88 Å². The van der Waals surface area contributed by atoms with Crippen molar-refractivity contribution in [1.82, 2.24) is 4.90 Å². The van der Waals surface area contributed by atoms with E-state index in [0.717, 1.165) is 47.9 Å². The fourth-order valence-electron chi connectivity index (χ4n) is 3.74. The molecule has 1 aromatic heterocycles. The van der Waals surface area contributed by atoms with E-state index < -0.39 is 0 Å². The fraction of sp³-hybridized carbons (Fsp3) is 0.524. The zero-order valence-corrected chi connectivity index (χ0v) is 16.4. The van der Waals surface area contributed by atoms with Gasteiger partial charge in [0.25, 0.3) is 5.91 Å². The molecule has 1 unspecified atom stereocenters. The Balaban J connectivity index is 2.00. The van der Waals surface area contributed by atoms with E-state index in [2.05, 4.69) is 20.8 Å². The Labute approximate surface area is 153 Å². The third-order valence-corrected chi connectivity index (χ3v) is 6.37. The van der Waals surface area contributed by atoms with E-state index in [1.54, 1.807) is 22.3 Å². The van der Waals surface area contributed by atoms with Crippen LogP contribution in [0.4, 0.5) is 0 Å². The highest BCUT2D eigenvalue weighted by Crippen LogP contribution is 2.32. The molecule has 25 heavy (non-hydrogen) atoms. The normalized spacial score (nSPS) is 16.9. The number of carbonyl (C=O) groups excluding carboxylic acids is 1. The molecule has 1 aliphatic rings. The molecule has 1 aromatic carbocycles. The van der Waals surface area contributed by atoms with E-state index in [9.17, 15) is 9.59 Å². The van der Waals surface area contributed by atoms with E-state index in [0.29, 0.717) is 17.4 Å². The zero-order chi connectivity index (χ0) is 18.1. The standard InChI is InChI=1S/C21H27NO2S/c1-5-14-6-8-16-18(10-14)25-19-11-15(7-9-17(19)20(16)23)21(24)22(4)12-13(2)3/h7,9,11,13-14H,5-6,8,10,12H2,1-4H3. The van der Waals surface area contributed by atoms with Crippen molar-refractivity contribution in [3.63, 3.8) is 0 Å². The van der Waals surface area contributed by atoms with Gasteiger partial charge in [-0.1, -0.05) is 27.2 Å². The zero-order valence-electron chi connectivity index (χ0n) is 15.6. The molecule has 2 aromatic rings. The highest BCUT2D eigenvalue weighted by molar-refractivity contribution is 7.18. The number of fused-ring (bicyclic) bond motifs is 2. The predicted octanol–water partition coefficient (Wildman–Crippen LogP) is 4.50. The average Bonchev–Trinajstić information content (AvgIpc) is 2.59. The highest BCUT2D eigenvalue weighted by atomic mass is 32.1. The monoisotopic (exact) mass is 357 g/mol. The van der Waals surface area contributed by atoms with E-state index in [4.69, 9.17) is 0 Å². The quantitative estimate of drug-likeness (QED) is 0.808. The van der Waals surface area contributed by atoms with Crippen molar-refractivity contribution in [1.29, 1.82) is 0 Å². The number of nitrogens with zero attached hydrogens (tertiary/aromatic N) is 1. The van der Waals surface area contributed by atoms with Crippen LogP contribution in [0, 0.1) is 11.8 Å². The second-order valence-electron chi connectivity index (χ2n) is 7.64. The third kappa shape index (κ3) is 3.64. The van der Waals surface area contributed by atoms with E-state index in [1.807, 2.05) is 19.2 Å². The molecule has 3 nitrogen and oxygen atoms in total. The van der Waals surface area contributed by atoms with Gasteiger partial charge >= 0.3 is 0 Å². The largest absolute Gasteiger partial charge is 0.341 e.